The molecule has 0 aliphatic carbocycles. The van der Waals surface area contributed by atoms with Crippen LogP contribution in [-0.4, -0.2) is 26.8 Å². The van der Waals surface area contributed by atoms with E-state index in [2.05, 4.69) is 62.5 Å². The van der Waals surface area contributed by atoms with Crippen LogP contribution in [0.3, 0.4) is 0 Å². The molecule has 0 bridgehead atoms. The zero-order valence-electron chi connectivity index (χ0n) is 9.85. The van der Waals surface area contributed by atoms with E-state index in [9.17, 15) is 0 Å². The fraction of sp³-hybridized carbons (Fsp3) is 1.00. The third kappa shape index (κ3) is 4.14. The molecular weight excluding hydrogens is 310 g/mol. The van der Waals surface area contributed by atoms with E-state index in [-0.39, 0.29) is 0 Å². The molecule has 0 aliphatic heterocycles. The van der Waals surface area contributed by atoms with Gasteiger partial charge in [-0.2, -0.15) is 0 Å². The van der Waals surface area contributed by atoms with E-state index < -0.39 is 12.8 Å². The Morgan fingerprint density at radius 1 is 1.00 bits per heavy atom. The minimum atomic E-state index is -1.79. The van der Waals surface area contributed by atoms with E-state index >= 15 is 0 Å². The fourth-order valence-corrected chi connectivity index (χ4v) is 15.2. The molecule has 0 unspecified atom stereocenters. The summed E-state index contributed by atoms with van der Waals surface area (Å²) < 4.78 is 4.72. The summed E-state index contributed by atoms with van der Waals surface area (Å²) in [5.41, 5.74) is 0. The van der Waals surface area contributed by atoms with Crippen LogP contribution in [0.15, 0.2) is 0 Å². The van der Waals surface area contributed by atoms with Crippen LogP contribution in [0.4, 0.5) is 0 Å². The maximum absolute atomic E-state index is 6.52. The van der Waals surface area contributed by atoms with Crippen LogP contribution in [0.5, 0.6) is 0 Å². The van der Waals surface area contributed by atoms with Gasteiger partial charge in [0, 0.05) is 0 Å². The molecule has 0 aliphatic rings. The summed E-state index contributed by atoms with van der Waals surface area (Å²) >= 11 is 2.67. The average Bonchev–Trinajstić information content (AvgIpc) is 2.02. The molecule has 0 saturated heterocycles. The summed E-state index contributed by atoms with van der Waals surface area (Å²) in [6, 6.07) is 0. The first-order valence-electron chi connectivity index (χ1n) is 5.13. The van der Waals surface area contributed by atoms with Crippen molar-refractivity contribution in [2.75, 3.05) is 18.5 Å². The van der Waals surface area contributed by atoms with Crippen LogP contribution < -0.4 is 0 Å². The van der Waals surface area contributed by atoms with Gasteiger partial charge in [0.1, 0.15) is 0 Å². The first-order valence-corrected chi connectivity index (χ1v) is 14.0. The van der Waals surface area contributed by atoms with Crippen LogP contribution in [0.1, 0.15) is 20.8 Å². The molecule has 1 nitrogen and oxygen atoms in total. The van der Waals surface area contributed by atoms with Crippen molar-refractivity contribution in [2.45, 2.75) is 40.4 Å². The molecule has 0 fully saturated rings. The minimum absolute atomic E-state index is 1.23. The monoisotopic (exact) mass is 334 g/mol. The fourth-order valence-electron chi connectivity index (χ4n) is 1.55. The Bertz CT molecular complexity index is 164. The van der Waals surface area contributed by atoms with E-state index in [0.29, 0.717) is 0 Å². The van der Waals surface area contributed by atoms with Gasteiger partial charge < -0.3 is 0 Å². The van der Waals surface area contributed by atoms with E-state index in [4.69, 9.17) is 4.21 Å². The molecule has 0 rings (SSSR count). The second kappa shape index (κ2) is 4.46. The third-order valence-electron chi connectivity index (χ3n) is 2.59. The summed E-state index contributed by atoms with van der Waals surface area (Å²) in [5.74, 6) is 0. The van der Waals surface area contributed by atoms with Crippen LogP contribution in [0.25, 0.3) is 0 Å². The van der Waals surface area contributed by atoms with Gasteiger partial charge >= 0.3 is 97.9 Å². The molecule has 0 radical (unpaired) electrons. The zero-order chi connectivity index (χ0) is 10.8. The van der Waals surface area contributed by atoms with E-state index in [1.54, 1.807) is 0 Å². The van der Waals surface area contributed by atoms with Gasteiger partial charge in [0.2, 0.25) is 0 Å². The SMILES string of the molecule is CCP(I)(CC)(CC)O[Si](C)(C)C. The van der Waals surface area contributed by atoms with Gasteiger partial charge in [-0.3, -0.25) is 0 Å². The van der Waals surface area contributed by atoms with Crippen molar-refractivity contribution in [2.24, 2.45) is 0 Å². The number of halogens is 1. The molecule has 0 N–H and O–H groups in total. The van der Waals surface area contributed by atoms with E-state index in [1.165, 1.54) is 18.5 Å². The maximum atomic E-state index is 6.52. The van der Waals surface area contributed by atoms with Crippen molar-refractivity contribution in [1.29, 1.82) is 0 Å². The van der Waals surface area contributed by atoms with E-state index in [0.717, 1.165) is 0 Å². The summed E-state index contributed by atoms with van der Waals surface area (Å²) in [5, 5.41) is 0. The molecule has 0 spiro atoms. The predicted octanol–water partition coefficient (Wildman–Crippen LogP) is 4.72. The van der Waals surface area contributed by atoms with Crippen LogP contribution >= 0.6 is 26.5 Å². The Morgan fingerprint density at radius 2 is 1.31 bits per heavy atom. The molecule has 0 aromatic rings. The van der Waals surface area contributed by atoms with Crippen molar-refractivity contribution in [3.05, 3.63) is 0 Å². The molecular formula is C9H24IOPSi. The first-order chi connectivity index (χ1) is 5.69. The molecule has 0 heterocycles. The average molecular weight is 334 g/mol. The Labute approximate surface area is 97.6 Å². The van der Waals surface area contributed by atoms with Crippen molar-refractivity contribution in [3.63, 3.8) is 0 Å². The van der Waals surface area contributed by atoms with Crippen LogP contribution in [-0.2, 0) is 4.21 Å². The second-order valence-corrected chi connectivity index (χ2v) is 21.8. The Kier molecular flexibility index (Phi) is 4.92. The van der Waals surface area contributed by atoms with Crippen molar-refractivity contribution in [1.82, 2.24) is 0 Å². The first kappa shape index (κ1) is 14.3. The van der Waals surface area contributed by atoms with Crippen LogP contribution in [0.2, 0.25) is 19.6 Å². The summed E-state index contributed by atoms with van der Waals surface area (Å²) in [6.45, 7) is 13.8. The Balaban J connectivity index is 4.80. The van der Waals surface area contributed by atoms with Crippen LogP contribution in [0, 0.1) is 0 Å². The molecule has 4 heteroatoms. The topological polar surface area (TPSA) is 9.23 Å². The van der Waals surface area contributed by atoms with Gasteiger partial charge in [0.15, 0.2) is 0 Å². The number of hydrogen-bond donors (Lipinski definition) is 0. The molecule has 0 atom stereocenters. The second-order valence-electron chi connectivity index (χ2n) is 4.64. The summed E-state index contributed by atoms with van der Waals surface area (Å²) in [6.07, 6.45) is 3.68. The van der Waals surface area contributed by atoms with Gasteiger partial charge in [0.25, 0.3) is 0 Å². The number of hydrogen-bond acceptors (Lipinski definition) is 1. The Morgan fingerprint density at radius 3 is 1.38 bits per heavy atom. The molecule has 0 amide bonds. The van der Waals surface area contributed by atoms with Gasteiger partial charge in [-0.15, -0.1) is 0 Å². The predicted molar refractivity (Wildman–Crippen MR) is 77.0 cm³/mol. The normalized spacial score (nSPS) is 16.7. The van der Waals surface area contributed by atoms with E-state index in [1.807, 2.05) is 0 Å². The van der Waals surface area contributed by atoms with Gasteiger partial charge in [-0.1, -0.05) is 0 Å². The zero-order valence-corrected chi connectivity index (χ0v) is 13.9. The molecule has 0 aromatic heterocycles. The van der Waals surface area contributed by atoms with Gasteiger partial charge in [0.05, 0.1) is 0 Å². The molecule has 0 saturated carbocycles. The van der Waals surface area contributed by atoms with Gasteiger partial charge in [-0.25, -0.2) is 0 Å². The number of rotatable bonds is 5. The van der Waals surface area contributed by atoms with Crippen molar-refractivity contribution in [3.8, 4) is 0 Å². The molecule has 13 heavy (non-hydrogen) atoms. The van der Waals surface area contributed by atoms with Crippen molar-refractivity contribution >= 4 is 34.8 Å². The molecule has 0 aromatic carbocycles. The van der Waals surface area contributed by atoms with Crippen molar-refractivity contribution < 1.29 is 4.21 Å². The molecule has 82 valence electrons. The third-order valence-corrected chi connectivity index (χ3v) is 18.7. The summed E-state index contributed by atoms with van der Waals surface area (Å²) in [4.78, 5) is 0. The van der Waals surface area contributed by atoms with Gasteiger partial charge in [-0.05, 0) is 0 Å². The quantitative estimate of drug-likeness (QED) is 0.402. The summed E-state index contributed by atoms with van der Waals surface area (Å²) in [7, 11) is -1.38. The Hall–Kier alpha value is 1.34. The standard InChI is InChI=1S/C9H24IOPSi/c1-7-12(10,8-2,9-3)11-13(4,5)6/h7-9H2,1-6H3.